The van der Waals surface area contributed by atoms with Gasteiger partial charge < -0.3 is 71.0 Å². The molecule has 1 fully saturated rings. The number of thiophene rings is 2. The summed E-state index contributed by atoms with van der Waals surface area (Å²) in [6.07, 6.45) is -10.4. The molecule has 0 atom stereocenters. The fraction of sp³-hybridized carbons (Fsp3) is 0.190. The molecular weight excluding hydrogens is 1670 g/mol. The molecule has 0 aliphatic carbocycles. The number of nitrogen functional groups attached to an aromatic ring is 2. The van der Waals surface area contributed by atoms with Crippen LogP contribution in [0.15, 0.2) is 195 Å². The van der Waals surface area contributed by atoms with Crippen molar-refractivity contribution < 1.29 is 129 Å². The van der Waals surface area contributed by atoms with Crippen LogP contribution in [0.3, 0.4) is 0 Å². The maximum atomic E-state index is 14.9. The van der Waals surface area contributed by atoms with Crippen LogP contribution in [0.1, 0.15) is 75.6 Å². The number of aliphatic carboxylic acids is 2. The molecule has 6 aromatic heterocycles. The summed E-state index contributed by atoms with van der Waals surface area (Å²) < 4.78 is 206. The van der Waals surface area contributed by atoms with Crippen molar-refractivity contribution in [2.24, 2.45) is 0 Å². The Balaban J connectivity index is 0.000000195. The number of carboxylic acid groups (broad SMARTS) is 2. The number of esters is 2. The lowest BCUT2D eigenvalue weighted by Crippen LogP contribution is -2.39. The first-order valence-electron chi connectivity index (χ1n) is 34.8. The van der Waals surface area contributed by atoms with E-state index in [1.807, 2.05) is 51.2 Å². The second kappa shape index (κ2) is 40.4. The summed E-state index contributed by atoms with van der Waals surface area (Å²) in [7, 11) is 0. The molecule has 4 amide bonds. The zero-order chi connectivity index (χ0) is 88.9. The van der Waals surface area contributed by atoms with Gasteiger partial charge in [-0.1, -0.05) is 48.5 Å². The average Bonchev–Trinajstić information content (AvgIpc) is 1.65. The molecule has 0 saturated carbocycles. The number of para-hydroxylation sites is 4. The van der Waals surface area contributed by atoms with Crippen molar-refractivity contribution in [2.45, 2.75) is 97.0 Å². The molecule has 0 spiro atoms. The number of imidazole rings is 2. The van der Waals surface area contributed by atoms with Gasteiger partial charge in [-0.3, -0.25) is 48.3 Å². The number of anilines is 6. The first-order valence-corrected chi connectivity index (χ1v) is 36.5. The summed E-state index contributed by atoms with van der Waals surface area (Å²) in [4.78, 5) is 108. The molecule has 636 valence electrons. The third-order valence-electron chi connectivity index (χ3n) is 15.6. The lowest BCUT2D eigenvalue weighted by molar-refractivity contribution is -0.231. The van der Waals surface area contributed by atoms with Crippen LogP contribution in [0.25, 0.3) is 41.6 Å². The van der Waals surface area contributed by atoms with Gasteiger partial charge in [0.2, 0.25) is 23.6 Å². The Hall–Kier alpha value is -14.1. The highest BCUT2D eigenvalue weighted by Crippen LogP contribution is 2.43. The SMILES string of the molecule is CC1(C)OC(=O)CC(=O)O1.CCn1cnc(-c2cc3nccc(Oc4ccc(N)cc4F)c3s2)c1.CCn1cnc(-c2cc3nccc(Oc4ccc(NC(=O)CC(=O)Nc5ccccc5C(F)(F)F)cc4F)c3s2)c1.Nc1ccccc1C(F)(F)F.O=C(O)CC(=O)Nc1ccccc1C(F)(F)F.O=C(O)CC(=O)Nc1ccccc1C(F)(F)F. The number of carbonyl (C=O) groups is 8. The van der Waals surface area contributed by atoms with E-state index in [0.29, 0.717) is 27.4 Å². The zero-order valence-corrected chi connectivity index (χ0v) is 64.6. The van der Waals surface area contributed by atoms with Gasteiger partial charge in [-0.15, -0.1) is 22.7 Å². The van der Waals surface area contributed by atoms with Gasteiger partial charge in [0.05, 0.1) is 93.5 Å². The molecule has 1 saturated heterocycles. The number of carboxylic acids is 2. The third-order valence-corrected chi connectivity index (χ3v) is 17.9. The summed E-state index contributed by atoms with van der Waals surface area (Å²) in [6, 6.07) is 33.3. The van der Waals surface area contributed by atoms with E-state index in [9.17, 15) is 99.8 Å². The smallest absolute Gasteiger partial charge is 0.418 e. The number of hydrogen-bond donors (Lipinski definition) is 8. The van der Waals surface area contributed by atoms with Crippen LogP contribution in [0, 0.1) is 11.6 Å². The number of hydrogen-bond acceptors (Lipinski definition) is 20. The number of aromatic nitrogens is 6. The third kappa shape index (κ3) is 27.5. The molecular formula is C79H66F14N12O14S2. The van der Waals surface area contributed by atoms with Gasteiger partial charge in [-0.25, -0.2) is 18.7 Å². The second-order valence-electron chi connectivity index (χ2n) is 25.2. The molecule has 121 heavy (non-hydrogen) atoms. The van der Waals surface area contributed by atoms with Crippen molar-refractivity contribution in [3.63, 3.8) is 0 Å². The molecule has 10 N–H and O–H groups in total. The number of fused-ring (bicyclic) bond motifs is 2. The Kier molecular flexibility index (Phi) is 30.9. The monoisotopic (exact) mass is 1740 g/mol. The van der Waals surface area contributed by atoms with Crippen LogP contribution in [-0.2, 0) is 85.6 Å². The highest BCUT2D eigenvalue weighted by molar-refractivity contribution is 7.23. The van der Waals surface area contributed by atoms with Crippen LogP contribution in [0.5, 0.6) is 23.0 Å². The Morgan fingerprint density at radius 1 is 0.471 bits per heavy atom. The Morgan fingerprint density at radius 3 is 1.18 bits per heavy atom. The number of nitrogens with two attached hydrogens (primary N) is 2. The number of ether oxygens (including phenoxy) is 4. The molecule has 0 unspecified atom stereocenters. The van der Waals surface area contributed by atoms with Crippen molar-refractivity contribution >= 4 is 125 Å². The van der Waals surface area contributed by atoms with Crippen LogP contribution in [0.2, 0.25) is 0 Å². The summed E-state index contributed by atoms with van der Waals surface area (Å²) >= 11 is 2.92. The number of nitrogens with one attached hydrogen (secondary N) is 4. The van der Waals surface area contributed by atoms with Gasteiger partial charge in [0.1, 0.15) is 37.2 Å². The fourth-order valence-corrected chi connectivity index (χ4v) is 12.4. The van der Waals surface area contributed by atoms with Crippen LogP contribution < -0.4 is 42.2 Å². The van der Waals surface area contributed by atoms with Gasteiger partial charge in [-0.2, -0.15) is 52.7 Å². The molecule has 1 aliphatic rings. The number of pyridine rings is 2. The lowest BCUT2D eigenvalue weighted by Gasteiger charge is -2.28. The fourth-order valence-electron chi connectivity index (χ4n) is 10.3. The molecule has 13 rings (SSSR count). The average molecular weight is 1740 g/mol. The number of carbonyl (C=O) groups excluding carboxylic acids is 6. The normalized spacial score (nSPS) is 12.2. The standard InChI is InChI=1S/C28H21F4N5O3S.C18H15FN4OS.2C10H8F3NO3.C7H6F3N.C6H8O4/c1-2-37-14-21(34-15-37)24-12-20-27(41-24)23(9-10-33-20)40-22-8-7-16(11-18(22)29)35-25(38)13-26(39)36-19-6-4-3-5-17(19)28(30,31)32;1-2-23-9-14(22-10-23)17-8-13-18(25-17)16(5-6-21-13)24-15-4-3-11(20)7-12(15)19;2*11-10(12,13)6-3-1-2-4-7(6)14-8(15)5-9(16)17;8-7(9,10)5-3-1-2-4-6(5)11;1-6(2)9-4(7)3-5(8)10-6/h3-12,14-15H,2,13H2,1H3,(H,35,38)(H,36,39);3-10H,2,20H2,1H3;2*1-4H,5H2,(H,14,15)(H,16,17);1-4H,11H2;3H2,1-2H3. The molecule has 42 heteroatoms. The van der Waals surface area contributed by atoms with E-state index in [2.05, 4.69) is 47.0 Å². The van der Waals surface area contributed by atoms with Crippen LogP contribution >= 0.6 is 22.7 Å². The minimum absolute atomic E-state index is 0.0353. The highest BCUT2D eigenvalue weighted by Gasteiger charge is 2.38. The quantitative estimate of drug-likeness (QED) is 0.0171. The first kappa shape index (κ1) is 92.5. The summed E-state index contributed by atoms with van der Waals surface area (Å²) in [5.74, 6) is -9.08. The van der Waals surface area contributed by atoms with Gasteiger partial charge in [0, 0.05) is 93.1 Å². The number of benzene rings is 6. The van der Waals surface area contributed by atoms with E-state index in [0.717, 1.165) is 93.0 Å². The predicted octanol–water partition coefficient (Wildman–Crippen LogP) is 18.5. The van der Waals surface area contributed by atoms with E-state index in [-0.39, 0.29) is 29.3 Å². The molecule has 0 radical (unpaired) electrons. The predicted molar refractivity (Wildman–Crippen MR) is 415 cm³/mol. The van der Waals surface area contributed by atoms with E-state index in [1.165, 1.54) is 115 Å². The number of aryl methyl sites for hydroxylation is 2. The number of cyclic esters (lactones) is 2. The molecule has 7 heterocycles. The van der Waals surface area contributed by atoms with Crippen molar-refractivity contribution in [3.8, 4) is 44.1 Å². The number of rotatable bonds is 18. The zero-order valence-electron chi connectivity index (χ0n) is 63.0. The Morgan fingerprint density at radius 2 is 0.835 bits per heavy atom. The summed E-state index contributed by atoms with van der Waals surface area (Å²) in [5.41, 5.74) is 8.72. The van der Waals surface area contributed by atoms with Crippen molar-refractivity contribution in [3.05, 3.63) is 229 Å². The number of nitrogens with zero attached hydrogens (tertiary/aromatic N) is 6. The second-order valence-corrected chi connectivity index (χ2v) is 27.3. The van der Waals surface area contributed by atoms with Gasteiger partial charge in [0.25, 0.3) is 5.79 Å². The van der Waals surface area contributed by atoms with Crippen LogP contribution in [-0.4, -0.2) is 92.6 Å². The molecule has 6 aromatic carbocycles. The Labute approximate surface area is 682 Å². The molecule has 0 bridgehead atoms. The van der Waals surface area contributed by atoms with Crippen molar-refractivity contribution in [1.82, 2.24) is 29.1 Å². The Bertz CT molecular complexity index is 5630. The first-order chi connectivity index (χ1) is 56.9. The molecule has 26 nitrogen and oxygen atoms in total. The number of halogens is 14. The number of amides is 4. The topological polar surface area (TPSA) is 376 Å². The minimum Gasteiger partial charge on any atom is -0.481 e. The maximum Gasteiger partial charge on any atom is 0.418 e. The summed E-state index contributed by atoms with van der Waals surface area (Å²) in [5, 5.41) is 24.9. The van der Waals surface area contributed by atoms with Gasteiger partial charge >= 0.3 is 48.6 Å². The van der Waals surface area contributed by atoms with E-state index >= 15 is 0 Å². The lowest BCUT2D eigenvalue weighted by atomic mass is 10.1. The van der Waals surface area contributed by atoms with E-state index < -0.39 is 148 Å². The van der Waals surface area contributed by atoms with Gasteiger partial charge in [-0.05, 0) is 98.8 Å². The maximum absolute atomic E-state index is 14.9. The molecule has 12 aromatic rings. The highest BCUT2D eigenvalue weighted by atomic mass is 32.1. The van der Waals surface area contributed by atoms with Crippen molar-refractivity contribution in [2.75, 3.05) is 32.7 Å². The number of alkyl halides is 12. The van der Waals surface area contributed by atoms with E-state index in [1.54, 1.807) is 43.2 Å². The van der Waals surface area contributed by atoms with Gasteiger partial charge in [0.15, 0.2) is 23.1 Å². The van der Waals surface area contributed by atoms with Crippen molar-refractivity contribution in [1.29, 1.82) is 0 Å². The summed E-state index contributed by atoms with van der Waals surface area (Å²) in [6.45, 7) is 8.74. The largest absolute Gasteiger partial charge is 0.481 e. The minimum atomic E-state index is -4.68. The molecule has 1 aliphatic heterocycles. The van der Waals surface area contributed by atoms with E-state index in [4.69, 9.17) is 31.2 Å². The van der Waals surface area contributed by atoms with Crippen LogP contribution in [0.4, 0.5) is 95.6 Å².